The average molecular weight is 339 g/mol. The van der Waals surface area contributed by atoms with Gasteiger partial charge in [-0.15, -0.1) is 5.10 Å². The molecule has 3 aromatic rings. The largest absolute Gasteiger partial charge is 0.506 e. The predicted molar refractivity (Wildman–Crippen MR) is 93.6 cm³/mol. The van der Waals surface area contributed by atoms with Crippen LogP contribution in [0.25, 0.3) is 5.65 Å². The summed E-state index contributed by atoms with van der Waals surface area (Å²) in [7, 11) is 0. The number of nitrogens with zero attached hydrogens (tertiary/aromatic N) is 7. The van der Waals surface area contributed by atoms with Gasteiger partial charge in [0.1, 0.15) is 11.6 Å². The molecule has 1 fully saturated rings. The molecule has 0 atom stereocenters. The first-order chi connectivity index (χ1) is 12.1. The van der Waals surface area contributed by atoms with E-state index in [9.17, 15) is 5.11 Å². The number of piperazine rings is 1. The maximum Gasteiger partial charge on any atom is 0.176 e. The van der Waals surface area contributed by atoms with Crippen LogP contribution in [-0.4, -0.2) is 60.8 Å². The SMILES string of the molecule is Cc1ccc(O)c(CN2CCN(c3cncc4nc(C)nn34)CC2)n1. The van der Waals surface area contributed by atoms with E-state index in [1.165, 1.54) is 0 Å². The molecule has 8 heteroatoms. The zero-order valence-corrected chi connectivity index (χ0v) is 14.4. The highest BCUT2D eigenvalue weighted by Gasteiger charge is 2.21. The van der Waals surface area contributed by atoms with Crippen molar-refractivity contribution >= 4 is 11.5 Å². The molecule has 0 spiro atoms. The third kappa shape index (κ3) is 3.12. The molecule has 25 heavy (non-hydrogen) atoms. The van der Waals surface area contributed by atoms with Gasteiger partial charge >= 0.3 is 0 Å². The van der Waals surface area contributed by atoms with Gasteiger partial charge in [0, 0.05) is 38.4 Å². The number of aromatic nitrogens is 5. The second-order valence-corrected chi connectivity index (χ2v) is 6.38. The number of anilines is 1. The molecule has 0 bridgehead atoms. The van der Waals surface area contributed by atoms with E-state index in [1.54, 1.807) is 12.3 Å². The average Bonchev–Trinajstić information content (AvgIpc) is 2.99. The van der Waals surface area contributed by atoms with Crippen molar-refractivity contribution in [3.05, 3.63) is 41.7 Å². The molecule has 1 aliphatic heterocycles. The Morgan fingerprint density at radius 2 is 1.84 bits per heavy atom. The molecular weight excluding hydrogens is 318 g/mol. The van der Waals surface area contributed by atoms with Crippen LogP contribution in [0.3, 0.4) is 0 Å². The molecule has 1 N–H and O–H groups in total. The monoisotopic (exact) mass is 339 g/mol. The molecule has 4 heterocycles. The van der Waals surface area contributed by atoms with Crippen LogP contribution in [0.2, 0.25) is 0 Å². The van der Waals surface area contributed by atoms with Crippen molar-refractivity contribution in [1.82, 2.24) is 29.5 Å². The zero-order valence-electron chi connectivity index (χ0n) is 14.4. The number of hydrogen-bond donors (Lipinski definition) is 1. The highest BCUT2D eigenvalue weighted by atomic mass is 16.3. The number of hydrogen-bond acceptors (Lipinski definition) is 7. The van der Waals surface area contributed by atoms with Gasteiger partial charge in [0.2, 0.25) is 0 Å². The lowest BCUT2D eigenvalue weighted by Crippen LogP contribution is -2.46. The smallest absolute Gasteiger partial charge is 0.176 e. The standard InChI is InChI=1S/C17H21N7O/c1-12-3-4-15(25)14(19-12)11-22-5-7-23(8-6-22)17-10-18-9-16-20-13(2)21-24(16)17/h3-4,9-10,25H,5-8,11H2,1-2H3. The van der Waals surface area contributed by atoms with Gasteiger partial charge in [-0.25, -0.2) is 4.98 Å². The molecule has 0 radical (unpaired) electrons. The van der Waals surface area contributed by atoms with Crippen LogP contribution in [0, 0.1) is 13.8 Å². The van der Waals surface area contributed by atoms with Gasteiger partial charge in [0.25, 0.3) is 0 Å². The van der Waals surface area contributed by atoms with Gasteiger partial charge in [0.15, 0.2) is 11.5 Å². The molecule has 4 rings (SSSR count). The van der Waals surface area contributed by atoms with Crippen molar-refractivity contribution in [2.24, 2.45) is 0 Å². The Morgan fingerprint density at radius 1 is 1.04 bits per heavy atom. The quantitative estimate of drug-likeness (QED) is 0.767. The number of aryl methyl sites for hydroxylation is 2. The van der Waals surface area contributed by atoms with Crippen LogP contribution in [0.4, 0.5) is 5.82 Å². The summed E-state index contributed by atoms with van der Waals surface area (Å²) in [6.07, 6.45) is 3.57. The van der Waals surface area contributed by atoms with Gasteiger partial charge in [-0.2, -0.15) is 4.52 Å². The fourth-order valence-electron chi connectivity index (χ4n) is 3.19. The summed E-state index contributed by atoms with van der Waals surface area (Å²) in [5, 5.41) is 14.5. The maximum absolute atomic E-state index is 9.99. The van der Waals surface area contributed by atoms with Gasteiger partial charge in [0.05, 0.1) is 18.1 Å². The maximum atomic E-state index is 9.99. The van der Waals surface area contributed by atoms with Gasteiger partial charge in [-0.1, -0.05) is 0 Å². The molecule has 0 unspecified atom stereocenters. The van der Waals surface area contributed by atoms with E-state index in [0.717, 1.165) is 54.9 Å². The fraction of sp³-hybridized carbons (Fsp3) is 0.412. The van der Waals surface area contributed by atoms with Crippen molar-refractivity contribution in [3.8, 4) is 5.75 Å². The molecular formula is C17H21N7O. The molecule has 0 amide bonds. The predicted octanol–water partition coefficient (Wildman–Crippen LogP) is 1.16. The molecule has 1 aliphatic rings. The van der Waals surface area contributed by atoms with Crippen molar-refractivity contribution in [2.45, 2.75) is 20.4 Å². The fourth-order valence-corrected chi connectivity index (χ4v) is 3.19. The summed E-state index contributed by atoms with van der Waals surface area (Å²) in [6, 6.07) is 3.54. The first-order valence-electron chi connectivity index (χ1n) is 8.40. The summed E-state index contributed by atoms with van der Waals surface area (Å²) >= 11 is 0. The first-order valence-corrected chi connectivity index (χ1v) is 8.40. The van der Waals surface area contributed by atoms with E-state index in [1.807, 2.05) is 30.6 Å². The minimum Gasteiger partial charge on any atom is -0.506 e. The molecule has 8 nitrogen and oxygen atoms in total. The van der Waals surface area contributed by atoms with Gasteiger partial charge in [-0.05, 0) is 26.0 Å². The highest BCUT2D eigenvalue weighted by Crippen LogP contribution is 2.20. The first kappa shape index (κ1) is 15.8. The van der Waals surface area contributed by atoms with Crippen LogP contribution >= 0.6 is 0 Å². The normalized spacial score (nSPS) is 15.8. The zero-order chi connectivity index (χ0) is 17.4. The van der Waals surface area contributed by atoms with Crippen LogP contribution in [-0.2, 0) is 6.54 Å². The lowest BCUT2D eigenvalue weighted by Gasteiger charge is -2.35. The molecule has 0 aromatic carbocycles. The number of pyridine rings is 1. The van der Waals surface area contributed by atoms with Gasteiger partial charge < -0.3 is 10.0 Å². The molecule has 0 aliphatic carbocycles. The Bertz CT molecular complexity index is 899. The van der Waals surface area contributed by atoms with Crippen LogP contribution in [0.15, 0.2) is 24.5 Å². The van der Waals surface area contributed by atoms with Crippen LogP contribution < -0.4 is 4.90 Å². The summed E-state index contributed by atoms with van der Waals surface area (Å²) in [5.41, 5.74) is 2.43. The number of fused-ring (bicyclic) bond motifs is 1. The molecule has 130 valence electrons. The second-order valence-electron chi connectivity index (χ2n) is 6.38. The lowest BCUT2D eigenvalue weighted by atomic mass is 10.2. The van der Waals surface area contributed by atoms with E-state index in [0.29, 0.717) is 6.54 Å². The van der Waals surface area contributed by atoms with Crippen molar-refractivity contribution in [1.29, 1.82) is 0 Å². The molecule has 1 saturated heterocycles. The van der Waals surface area contributed by atoms with Crippen molar-refractivity contribution in [3.63, 3.8) is 0 Å². The topological polar surface area (TPSA) is 82.7 Å². The summed E-state index contributed by atoms with van der Waals surface area (Å²) in [6.45, 7) is 7.99. The Balaban J connectivity index is 1.47. The summed E-state index contributed by atoms with van der Waals surface area (Å²) in [4.78, 5) is 17.7. The van der Waals surface area contributed by atoms with Gasteiger partial charge in [-0.3, -0.25) is 14.9 Å². The molecule has 3 aromatic heterocycles. The van der Waals surface area contributed by atoms with Crippen molar-refractivity contribution in [2.75, 3.05) is 31.1 Å². The summed E-state index contributed by atoms with van der Waals surface area (Å²) < 4.78 is 1.85. The summed E-state index contributed by atoms with van der Waals surface area (Å²) in [5.74, 6) is 1.98. The second kappa shape index (κ2) is 6.29. The third-order valence-corrected chi connectivity index (χ3v) is 4.49. The Labute approximate surface area is 145 Å². The van der Waals surface area contributed by atoms with E-state index in [-0.39, 0.29) is 5.75 Å². The van der Waals surface area contributed by atoms with E-state index in [4.69, 9.17) is 0 Å². The van der Waals surface area contributed by atoms with Crippen molar-refractivity contribution < 1.29 is 5.11 Å². The Morgan fingerprint density at radius 3 is 2.64 bits per heavy atom. The molecule has 0 saturated carbocycles. The number of rotatable bonds is 3. The lowest BCUT2D eigenvalue weighted by molar-refractivity contribution is 0.242. The Hall–Kier alpha value is -2.74. The van der Waals surface area contributed by atoms with Crippen LogP contribution in [0.5, 0.6) is 5.75 Å². The minimum absolute atomic E-state index is 0.264. The Kier molecular flexibility index (Phi) is 3.96. The van der Waals surface area contributed by atoms with E-state index < -0.39 is 0 Å². The minimum atomic E-state index is 0.264. The van der Waals surface area contributed by atoms with Crippen LogP contribution in [0.1, 0.15) is 17.2 Å². The van der Waals surface area contributed by atoms with E-state index in [2.05, 4.69) is 29.9 Å². The third-order valence-electron chi connectivity index (χ3n) is 4.49. The van der Waals surface area contributed by atoms with E-state index >= 15 is 0 Å². The number of aromatic hydroxyl groups is 1. The highest BCUT2D eigenvalue weighted by molar-refractivity contribution is 5.47.